The molecule has 4 nitrogen and oxygen atoms in total. The van der Waals surface area contributed by atoms with Crippen molar-refractivity contribution in [2.75, 3.05) is 6.61 Å². The number of hydrogen-bond donors (Lipinski definition) is 0. The number of aromatic nitrogens is 2. The first-order valence-electron chi connectivity index (χ1n) is 5.81. The first-order valence-corrected chi connectivity index (χ1v) is 6.63. The van der Waals surface area contributed by atoms with Gasteiger partial charge in [-0.2, -0.15) is 0 Å². The molecule has 1 aromatic rings. The van der Waals surface area contributed by atoms with E-state index in [1.54, 1.807) is 6.92 Å². The van der Waals surface area contributed by atoms with Gasteiger partial charge in [-0.15, -0.1) is 10.2 Å². The molecule has 1 fully saturated rings. The Kier molecular flexibility index (Phi) is 3.88. The topological polar surface area (TPSA) is 52.1 Å². The van der Waals surface area contributed by atoms with E-state index in [1.807, 2.05) is 0 Å². The highest BCUT2D eigenvalue weighted by Crippen LogP contribution is 2.34. The lowest BCUT2D eigenvalue weighted by molar-refractivity contribution is 0.0525. The maximum Gasteiger partial charge on any atom is 0.369 e. The summed E-state index contributed by atoms with van der Waals surface area (Å²) in [5, 5.41) is 9.41. The predicted molar refractivity (Wildman–Crippen MR) is 61.7 cm³/mol. The van der Waals surface area contributed by atoms with Gasteiger partial charge in [0.25, 0.3) is 0 Å². The highest BCUT2D eigenvalue weighted by molar-refractivity contribution is 7.13. The second kappa shape index (κ2) is 5.39. The third-order valence-corrected chi connectivity index (χ3v) is 3.91. The van der Waals surface area contributed by atoms with E-state index in [0.717, 1.165) is 5.01 Å². The Balaban J connectivity index is 2.03. The molecule has 88 valence electrons. The van der Waals surface area contributed by atoms with Gasteiger partial charge < -0.3 is 4.74 Å². The van der Waals surface area contributed by atoms with E-state index >= 15 is 0 Å². The molecule has 1 aliphatic rings. The monoisotopic (exact) mass is 240 g/mol. The Morgan fingerprint density at radius 1 is 1.38 bits per heavy atom. The molecule has 1 aliphatic carbocycles. The lowest BCUT2D eigenvalue weighted by atomic mass is 9.90. The second-order valence-corrected chi connectivity index (χ2v) is 5.01. The normalized spacial score (nSPS) is 17.3. The molecule has 1 saturated carbocycles. The molecular formula is C11H16N2O2S. The molecule has 0 aliphatic heterocycles. The average Bonchev–Trinajstić information content (AvgIpc) is 2.80. The van der Waals surface area contributed by atoms with E-state index < -0.39 is 0 Å². The number of carbonyl (C=O) groups is 1. The molecule has 5 heteroatoms. The molecule has 0 aromatic carbocycles. The van der Waals surface area contributed by atoms with Gasteiger partial charge in [0.15, 0.2) is 0 Å². The predicted octanol–water partition coefficient (Wildman–Crippen LogP) is 2.76. The Hall–Kier alpha value is -0.970. The van der Waals surface area contributed by atoms with Crippen LogP contribution in [0.25, 0.3) is 0 Å². The molecule has 0 unspecified atom stereocenters. The van der Waals surface area contributed by atoms with Crippen LogP contribution in [0.4, 0.5) is 0 Å². The maximum atomic E-state index is 11.4. The van der Waals surface area contributed by atoms with Crippen LogP contribution >= 0.6 is 11.3 Å². The van der Waals surface area contributed by atoms with E-state index in [4.69, 9.17) is 4.74 Å². The fraction of sp³-hybridized carbons (Fsp3) is 0.727. The quantitative estimate of drug-likeness (QED) is 0.762. The van der Waals surface area contributed by atoms with Crippen LogP contribution in [0, 0.1) is 0 Å². The summed E-state index contributed by atoms with van der Waals surface area (Å²) in [6, 6.07) is 0. The summed E-state index contributed by atoms with van der Waals surface area (Å²) in [4.78, 5) is 11.4. The number of esters is 1. The zero-order valence-corrected chi connectivity index (χ0v) is 10.3. The largest absolute Gasteiger partial charge is 0.461 e. The minimum absolute atomic E-state index is 0.345. The fourth-order valence-electron chi connectivity index (χ4n) is 2.02. The molecule has 1 aromatic heterocycles. The van der Waals surface area contributed by atoms with Crippen molar-refractivity contribution in [3.05, 3.63) is 10.0 Å². The van der Waals surface area contributed by atoms with Crippen molar-refractivity contribution in [1.82, 2.24) is 10.2 Å². The molecule has 0 spiro atoms. The van der Waals surface area contributed by atoms with Gasteiger partial charge in [-0.1, -0.05) is 30.6 Å². The summed E-state index contributed by atoms with van der Waals surface area (Å²) < 4.78 is 4.90. The summed E-state index contributed by atoms with van der Waals surface area (Å²) in [6.07, 6.45) is 6.20. The lowest BCUT2D eigenvalue weighted by Crippen LogP contribution is -2.03. The molecule has 16 heavy (non-hydrogen) atoms. The summed E-state index contributed by atoms with van der Waals surface area (Å²) in [7, 11) is 0. The number of hydrogen-bond acceptors (Lipinski definition) is 5. The van der Waals surface area contributed by atoms with Crippen molar-refractivity contribution >= 4 is 17.3 Å². The third kappa shape index (κ3) is 2.58. The van der Waals surface area contributed by atoms with Gasteiger partial charge in [0, 0.05) is 5.92 Å². The van der Waals surface area contributed by atoms with Crippen molar-refractivity contribution < 1.29 is 9.53 Å². The SMILES string of the molecule is CCOC(=O)c1nnc(C2CCCCC2)s1. The minimum atomic E-state index is -0.345. The summed E-state index contributed by atoms with van der Waals surface area (Å²) >= 11 is 1.39. The fourth-order valence-corrected chi connectivity index (χ4v) is 2.93. The van der Waals surface area contributed by atoms with Gasteiger partial charge in [-0.25, -0.2) is 4.79 Å². The molecule has 2 rings (SSSR count). The first-order chi connectivity index (χ1) is 7.81. The Labute approximate surface area is 99.0 Å². The number of ether oxygens (including phenoxy) is 1. The van der Waals surface area contributed by atoms with Crippen LogP contribution in [-0.4, -0.2) is 22.8 Å². The van der Waals surface area contributed by atoms with Gasteiger partial charge in [0.1, 0.15) is 5.01 Å². The summed E-state index contributed by atoms with van der Waals surface area (Å²) in [6.45, 7) is 2.18. The number of rotatable bonds is 3. The first kappa shape index (κ1) is 11.5. The Morgan fingerprint density at radius 3 is 2.81 bits per heavy atom. The molecule has 0 bridgehead atoms. The molecule has 0 N–H and O–H groups in total. The molecule has 0 amide bonds. The van der Waals surface area contributed by atoms with Crippen molar-refractivity contribution in [3.8, 4) is 0 Å². The third-order valence-electron chi connectivity index (χ3n) is 2.85. The van der Waals surface area contributed by atoms with Crippen LogP contribution in [0.2, 0.25) is 0 Å². The van der Waals surface area contributed by atoms with Crippen molar-refractivity contribution in [3.63, 3.8) is 0 Å². The lowest BCUT2D eigenvalue weighted by Gasteiger charge is -2.18. The molecule has 0 saturated heterocycles. The van der Waals surface area contributed by atoms with E-state index in [0.29, 0.717) is 17.5 Å². The van der Waals surface area contributed by atoms with Crippen molar-refractivity contribution in [2.24, 2.45) is 0 Å². The van der Waals surface area contributed by atoms with E-state index in [-0.39, 0.29) is 5.97 Å². The Morgan fingerprint density at radius 2 is 2.12 bits per heavy atom. The van der Waals surface area contributed by atoms with E-state index in [1.165, 1.54) is 43.4 Å². The van der Waals surface area contributed by atoms with Crippen molar-refractivity contribution in [1.29, 1.82) is 0 Å². The van der Waals surface area contributed by atoms with Crippen LogP contribution < -0.4 is 0 Å². The van der Waals surface area contributed by atoms with Crippen LogP contribution in [0.1, 0.15) is 59.8 Å². The van der Waals surface area contributed by atoms with E-state index in [2.05, 4.69) is 10.2 Å². The number of carbonyl (C=O) groups excluding carboxylic acids is 1. The average molecular weight is 240 g/mol. The number of nitrogens with zero attached hydrogens (tertiary/aromatic N) is 2. The van der Waals surface area contributed by atoms with Crippen molar-refractivity contribution in [2.45, 2.75) is 44.9 Å². The van der Waals surface area contributed by atoms with Crippen LogP contribution in [0.15, 0.2) is 0 Å². The highest BCUT2D eigenvalue weighted by atomic mass is 32.1. The standard InChI is InChI=1S/C11H16N2O2S/c1-2-15-11(14)10-13-12-9(16-10)8-6-4-3-5-7-8/h8H,2-7H2,1H3. The van der Waals surface area contributed by atoms with Gasteiger partial charge in [0.2, 0.25) is 5.01 Å². The summed E-state index contributed by atoms with van der Waals surface area (Å²) in [5.74, 6) is 0.163. The smallest absolute Gasteiger partial charge is 0.369 e. The van der Waals surface area contributed by atoms with Gasteiger partial charge in [-0.3, -0.25) is 0 Å². The van der Waals surface area contributed by atoms with Gasteiger partial charge >= 0.3 is 5.97 Å². The van der Waals surface area contributed by atoms with Crippen LogP contribution in [-0.2, 0) is 4.74 Å². The van der Waals surface area contributed by atoms with Gasteiger partial charge in [-0.05, 0) is 19.8 Å². The van der Waals surface area contributed by atoms with Crippen LogP contribution in [0.5, 0.6) is 0 Å². The highest BCUT2D eigenvalue weighted by Gasteiger charge is 2.21. The van der Waals surface area contributed by atoms with E-state index in [9.17, 15) is 4.79 Å². The molecular weight excluding hydrogens is 224 g/mol. The molecule has 0 atom stereocenters. The molecule has 1 heterocycles. The minimum Gasteiger partial charge on any atom is -0.461 e. The Bertz CT molecular complexity index is 359. The summed E-state index contributed by atoms with van der Waals surface area (Å²) in [5.41, 5.74) is 0. The second-order valence-electron chi connectivity index (χ2n) is 4.00. The zero-order chi connectivity index (χ0) is 11.4. The van der Waals surface area contributed by atoms with Crippen LogP contribution in [0.3, 0.4) is 0 Å². The van der Waals surface area contributed by atoms with Gasteiger partial charge in [0.05, 0.1) is 6.61 Å². The maximum absolute atomic E-state index is 11.4. The molecule has 0 radical (unpaired) electrons. The zero-order valence-electron chi connectivity index (χ0n) is 9.44.